The molecule has 0 amide bonds. The van der Waals surface area contributed by atoms with E-state index in [9.17, 15) is 4.79 Å². The molecule has 0 radical (unpaired) electrons. The number of carbonyl (C=O) groups is 1. The van der Waals surface area contributed by atoms with E-state index >= 15 is 0 Å². The van der Waals surface area contributed by atoms with Crippen molar-refractivity contribution in [3.63, 3.8) is 0 Å². The van der Waals surface area contributed by atoms with E-state index in [4.69, 9.17) is 9.84 Å². The molecular weight excluding hydrogens is 180 g/mol. The number of para-hydroxylation sites is 1. The van der Waals surface area contributed by atoms with E-state index in [1.54, 1.807) is 0 Å². The van der Waals surface area contributed by atoms with Crippen molar-refractivity contribution in [1.82, 2.24) is 0 Å². The second-order valence-corrected chi connectivity index (χ2v) is 3.59. The molecule has 3 nitrogen and oxygen atoms in total. The highest BCUT2D eigenvalue weighted by molar-refractivity contribution is 5.77. The van der Waals surface area contributed by atoms with E-state index in [1.807, 2.05) is 31.2 Å². The monoisotopic (exact) mass is 192 g/mol. The molecule has 0 spiro atoms. The zero-order valence-electron chi connectivity index (χ0n) is 7.93. The Morgan fingerprint density at radius 1 is 1.50 bits per heavy atom. The van der Waals surface area contributed by atoms with Crippen molar-refractivity contribution >= 4 is 5.97 Å². The van der Waals surface area contributed by atoms with E-state index in [2.05, 4.69) is 0 Å². The molecule has 0 aromatic heterocycles. The first kappa shape index (κ1) is 9.06. The predicted molar refractivity (Wildman–Crippen MR) is 51.5 cm³/mol. The maximum Gasteiger partial charge on any atom is 0.311 e. The first-order chi connectivity index (χ1) is 6.68. The average Bonchev–Trinajstić information content (AvgIpc) is 2.16. The summed E-state index contributed by atoms with van der Waals surface area (Å²) >= 11 is 0. The molecular formula is C11H12O3. The first-order valence-corrected chi connectivity index (χ1v) is 4.67. The van der Waals surface area contributed by atoms with Crippen molar-refractivity contribution in [2.24, 2.45) is 0 Å². The van der Waals surface area contributed by atoms with Gasteiger partial charge in [-0.2, -0.15) is 0 Å². The number of carboxylic acids is 1. The topological polar surface area (TPSA) is 46.5 Å². The number of fused-ring (bicyclic) bond motifs is 1. The van der Waals surface area contributed by atoms with E-state index in [0.29, 0.717) is 12.2 Å². The van der Waals surface area contributed by atoms with Gasteiger partial charge in [0.1, 0.15) is 5.75 Å². The number of carboxylic acid groups (broad SMARTS) is 1. The summed E-state index contributed by atoms with van der Waals surface area (Å²) in [5, 5.41) is 9.05. The van der Waals surface area contributed by atoms with Gasteiger partial charge in [0.2, 0.25) is 0 Å². The molecule has 74 valence electrons. The third-order valence-electron chi connectivity index (χ3n) is 2.49. The highest BCUT2D eigenvalue weighted by Gasteiger charge is 2.30. The van der Waals surface area contributed by atoms with Crippen LogP contribution in [0.5, 0.6) is 5.75 Å². The largest absolute Gasteiger partial charge is 0.490 e. The molecule has 1 aromatic rings. The minimum atomic E-state index is -0.771. The first-order valence-electron chi connectivity index (χ1n) is 4.67. The summed E-state index contributed by atoms with van der Waals surface area (Å²) in [6, 6.07) is 7.34. The molecule has 1 N–H and O–H groups in total. The molecule has 0 saturated heterocycles. The highest BCUT2D eigenvalue weighted by Crippen LogP contribution is 2.35. The molecule has 1 unspecified atom stereocenters. The highest BCUT2D eigenvalue weighted by atomic mass is 16.5. The molecule has 0 aliphatic carbocycles. The van der Waals surface area contributed by atoms with Crippen LogP contribution in [0.15, 0.2) is 24.3 Å². The Labute approximate surface area is 82.3 Å². The molecule has 3 heteroatoms. The molecule has 14 heavy (non-hydrogen) atoms. The standard InChI is InChI=1S/C11H12O3/c1-7-6-9(11(12)13)8-4-2-3-5-10(8)14-7/h2-5,7,9H,6H2,1H3,(H,12,13)/t7-,9?/m1/s1. The van der Waals surface area contributed by atoms with E-state index < -0.39 is 11.9 Å². The zero-order valence-corrected chi connectivity index (χ0v) is 7.93. The Bertz CT molecular complexity index is 359. The molecule has 0 saturated carbocycles. The van der Waals surface area contributed by atoms with Crippen LogP contribution < -0.4 is 4.74 Å². The summed E-state index contributed by atoms with van der Waals surface area (Å²) in [6.45, 7) is 1.89. The Kier molecular flexibility index (Phi) is 2.15. The van der Waals surface area contributed by atoms with Crippen molar-refractivity contribution in [2.45, 2.75) is 25.4 Å². The lowest BCUT2D eigenvalue weighted by Gasteiger charge is -2.27. The Morgan fingerprint density at radius 2 is 2.21 bits per heavy atom. The number of benzene rings is 1. The van der Waals surface area contributed by atoms with E-state index in [0.717, 1.165) is 5.56 Å². The lowest BCUT2D eigenvalue weighted by molar-refractivity contribution is -0.139. The second-order valence-electron chi connectivity index (χ2n) is 3.59. The maximum absolute atomic E-state index is 11.0. The number of rotatable bonds is 1. The normalized spacial score (nSPS) is 24.9. The summed E-state index contributed by atoms with van der Waals surface area (Å²) in [5.74, 6) is -0.485. The van der Waals surface area contributed by atoms with Crippen LogP contribution in [0.1, 0.15) is 24.8 Å². The summed E-state index contributed by atoms with van der Waals surface area (Å²) in [5.41, 5.74) is 0.790. The maximum atomic E-state index is 11.0. The van der Waals surface area contributed by atoms with Crippen LogP contribution in [0.25, 0.3) is 0 Å². The van der Waals surface area contributed by atoms with Gasteiger partial charge in [0.05, 0.1) is 12.0 Å². The van der Waals surface area contributed by atoms with Crippen molar-refractivity contribution in [2.75, 3.05) is 0 Å². The van der Waals surface area contributed by atoms with Gasteiger partial charge in [-0.05, 0) is 13.0 Å². The number of hydrogen-bond donors (Lipinski definition) is 1. The van der Waals surface area contributed by atoms with Crippen LogP contribution >= 0.6 is 0 Å². The Morgan fingerprint density at radius 3 is 2.93 bits per heavy atom. The van der Waals surface area contributed by atoms with Crippen LogP contribution in [0, 0.1) is 0 Å². The van der Waals surface area contributed by atoms with Crippen LogP contribution in [0.3, 0.4) is 0 Å². The van der Waals surface area contributed by atoms with Crippen LogP contribution in [0.4, 0.5) is 0 Å². The van der Waals surface area contributed by atoms with E-state index in [-0.39, 0.29) is 6.10 Å². The SMILES string of the molecule is C[C@@H]1CC(C(=O)O)c2ccccc2O1. The summed E-state index contributed by atoms with van der Waals surface area (Å²) < 4.78 is 5.55. The van der Waals surface area contributed by atoms with Crippen LogP contribution in [-0.2, 0) is 4.79 Å². The smallest absolute Gasteiger partial charge is 0.311 e. The minimum absolute atomic E-state index is 0.0222. The molecule has 0 fully saturated rings. The lowest BCUT2D eigenvalue weighted by atomic mass is 9.90. The minimum Gasteiger partial charge on any atom is -0.490 e. The van der Waals surface area contributed by atoms with Gasteiger partial charge in [0.25, 0.3) is 0 Å². The molecule has 1 heterocycles. The molecule has 2 rings (SSSR count). The lowest BCUT2D eigenvalue weighted by Crippen LogP contribution is -2.26. The van der Waals surface area contributed by atoms with Gasteiger partial charge in [-0.1, -0.05) is 18.2 Å². The van der Waals surface area contributed by atoms with Crippen molar-refractivity contribution in [1.29, 1.82) is 0 Å². The summed E-state index contributed by atoms with van der Waals surface area (Å²) in [6.07, 6.45) is 0.526. The van der Waals surface area contributed by atoms with Crippen molar-refractivity contribution in [3.05, 3.63) is 29.8 Å². The van der Waals surface area contributed by atoms with Gasteiger partial charge >= 0.3 is 5.97 Å². The van der Waals surface area contributed by atoms with Crippen molar-refractivity contribution in [3.8, 4) is 5.75 Å². The van der Waals surface area contributed by atoms with Crippen LogP contribution in [-0.4, -0.2) is 17.2 Å². The number of ether oxygens (including phenoxy) is 1. The molecule has 1 aliphatic rings. The predicted octanol–water partition coefficient (Wildman–Crippen LogP) is 2.03. The van der Waals surface area contributed by atoms with Gasteiger partial charge in [0.15, 0.2) is 0 Å². The zero-order chi connectivity index (χ0) is 10.1. The summed E-state index contributed by atoms with van der Waals surface area (Å²) in [4.78, 5) is 11.0. The van der Waals surface area contributed by atoms with Gasteiger partial charge in [-0.25, -0.2) is 0 Å². The Hall–Kier alpha value is -1.51. The Balaban J connectivity index is 2.43. The fourth-order valence-electron chi connectivity index (χ4n) is 1.83. The van der Waals surface area contributed by atoms with Gasteiger partial charge < -0.3 is 9.84 Å². The van der Waals surface area contributed by atoms with E-state index in [1.165, 1.54) is 0 Å². The van der Waals surface area contributed by atoms with Gasteiger partial charge in [-0.3, -0.25) is 4.79 Å². The summed E-state index contributed by atoms with van der Waals surface area (Å²) in [7, 11) is 0. The molecule has 1 aromatic carbocycles. The van der Waals surface area contributed by atoms with Crippen LogP contribution in [0.2, 0.25) is 0 Å². The average molecular weight is 192 g/mol. The molecule has 2 atom stereocenters. The molecule has 0 bridgehead atoms. The fraction of sp³-hybridized carbons (Fsp3) is 0.364. The number of hydrogen-bond acceptors (Lipinski definition) is 2. The quantitative estimate of drug-likeness (QED) is 0.740. The second kappa shape index (κ2) is 3.33. The third kappa shape index (κ3) is 1.45. The van der Waals surface area contributed by atoms with Gasteiger partial charge in [0, 0.05) is 12.0 Å². The van der Waals surface area contributed by atoms with Crippen molar-refractivity contribution < 1.29 is 14.6 Å². The van der Waals surface area contributed by atoms with Gasteiger partial charge in [-0.15, -0.1) is 0 Å². The molecule has 1 aliphatic heterocycles. The third-order valence-corrected chi connectivity index (χ3v) is 2.49. The fourth-order valence-corrected chi connectivity index (χ4v) is 1.83. The number of aliphatic carboxylic acids is 1.